The topological polar surface area (TPSA) is 88.4 Å². The molecule has 7 heteroatoms. The van der Waals surface area contributed by atoms with Crippen molar-refractivity contribution in [1.29, 1.82) is 5.26 Å². The average Bonchev–Trinajstić information content (AvgIpc) is 3.35. The monoisotopic (exact) mass is 426 g/mol. The van der Waals surface area contributed by atoms with Gasteiger partial charge in [-0.15, -0.1) is 0 Å². The van der Waals surface area contributed by atoms with Gasteiger partial charge in [-0.3, -0.25) is 4.79 Å². The van der Waals surface area contributed by atoms with E-state index in [1.807, 2.05) is 30.3 Å². The van der Waals surface area contributed by atoms with Gasteiger partial charge in [0.2, 0.25) is 0 Å². The van der Waals surface area contributed by atoms with E-state index in [0.29, 0.717) is 23.0 Å². The Morgan fingerprint density at radius 1 is 1.19 bits per heavy atom. The lowest BCUT2D eigenvalue weighted by atomic mass is 10.2. The highest BCUT2D eigenvalue weighted by Crippen LogP contribution is 2.25. The molecular formula is C20H15BrN2O4. The Bertz CT molecular complexity index is 984. The molecule has 0 saturated carbocycles. The van der Waals surface area contributed by atoms with Crippen molar-refractivity contribution in [1.82, 2.24) is 5.32 Å². The molecule has 1 N–H and O–H groups in total. The van der Waals surface area contributed by atoms with Crippen LogP contribution in [-0.4, -0.2) is 5.91 Å². The van der Waals surface area contributed by atoms with Crippen LogP contribution in [0.1, 0.15) is 17.3 Å². The van der Waals surface area contributed by atoms with E-state index in [-0.39, 0.29) is 18.7 Å². The third-order valence-corrected chi connectivity index (χ3v) is 4.20. The standard InChI is InChI=1S/C20H15BrN2O4/c21-18-5-1-2-6-19(18)26-13-17-8-7-15(27-17)10-14(11-22)20(24)23-12-16-4-3-9-25-16/h1-10H,12-13H2,(H,23,24)/b14-10+. The maximum atomic E-state index is 12.1. The molecule has 0 spiro atoms. The van der Waals surface area contributed by atoms with Crippen LogP contribution < -0.4 is 10.1 Å². The highest BCUT2D eigenvalue weighted by Gasteiger charge is 2.11. The predicted octanol–water partition coefficient (Wildman–Crippen LogP) is 4.44. The Balaban J connectivity index is 1.61. The van der Waals surface area contributed by atoms with Gasteiger partial charge in [0.25, 0.3) is 5.91 Å². The number of rotatable bonds is 7. The number of nitriles is 1. The summed E-state index contributed by atoms with van der Waals surface area (Å²) in [6.07, 6.45) is 2.91. The number of nitrogens with zero attached hydrogens (tertiary/aromatic N) is 1. The highest BCUT2D eigenvalue weighted by atomic mass is 79.9. The van der Waals surface area contributed by atoms with Crippen molar-refractivity contribution in [3.8, 4) is 11.8 Å². The first-order valence-electron chi connectivity index (χ1n) is 8.04. The molecule has 3 rings (SSSR count). The first-order valence-corrected chi connectivity index (χ1v) is 8.83. The summed E-state index contributed by atoms with van der Waals surface area (Å²) < 4.78 is 17.3. The number of furan rings is 2. The van der Waals surface area contributed by atoms with Gasteiger partial charge in [-0.05, 0) is 52.3 Å². The van der Waals surface area contributed by atoms with Gasteiger partial charge in [-0.1, -0.05) is 12.1 Å². The van der Waals surface area contributed by atoms with Gasteiger partial charge in [0, 0.05) is 6.08 Å². The van der Waals surface area contributed by atoms with Gasteiger partial charge >= 0.3 is 0 Å². The average molecular weight is 427 g/mol. The minimum Gasteiger partial charge on any atom is -0.484 e. The second-order valence-corrected chi connectivity index (χ2v) is 6.31. The van der Waals surface area contributed by atoms with Crippen molar-refractivity contribution in [3.05, 3.63) is 82.1 Å². The summed E-state index contributed by atoms with van der Waals surface area (Å²) in [5.74, 6) is 1.76. The minimum atomic E-state index is -0.503. The summed E-state index contributed by atoms with van der Waals surface area (Å²) in [5, 5.41) is 11.9. The zero-order valence-corrected chi connectivity index (χ0v) is 15.7. The number of ether oxygens (including phenoxy) is 1. The summed E-state index contributed by atoms with van der Waals surface area (Å²) in [6.45, 7) is 0.428. The molecule has 0 unspecified atom stereocenters. The van der Waals surface area contributed by atoms with Gasteiger partial charge in [-0.25, -0.2) is 0 Å². The minimum absolute atomic E-state index is 0.0609. The van der Waals surface area contributed by atoms with Crippen molar-refractivity contribution in [3.63, 3.8) is 0 Å². The molecular weight excluding hydrogens is 412 g/mol. The number of nitrogens with one attached hydrogen (secondary N) is 1. The van der Waals surface area contributed by atoms with Crippen molar-refractivity contribution < 1.29 is 18.4 Å². The molecule has 1 aromatic carbocycles. The van der Waals surface area contributed by atoms with Gasteiger partial charge < -0.3 is 18.9 Å². The van der Waals surface area contributed by atoms with Crippen LogP contribution in [-0.2, 0) is 17.9 Å². The zero-order valence-electron chi connectivity index (χ0n) is 14.1. The molecule has 0 fully saturated rings. The third kappa shape index (κ3) is 5.12. The molecule has 0 saturated heterocycles. The van der Waals surface area contributed by atoms with Gasteiger partial charge in [0.05, 0.1) is 17.3 Å². The summed E-state index contributed by atoms with van der Waals surface area (Å²) in [6, 6.07) is 16.2. The van der Waals surface area contributed by atoms with E-state index < -0.39 is 5.91 Å². The smallest absolute Gasteiger partial charge is 0.262 e. The summed E-state index contributed by atoms with van der Waals surface area (Å²) in [7, 11) is 0. The lowest BCUT2D eigenvalue weighted by Gasteiger charge is -2.05. The van der Waals surface area contributed by atoms with Crippen molar-refractivity contribution >= 4 is 27.9 Å². The molecule has 3 aromatic rings. The van der Waals surface area contributed by atoms with Crippen LogP contribution in [0.5, 0.6) is 5.75 Å². The molecule has 0 aliphatic heterocycles. The van der Waals surface area contributed by atoms with E-state index in [1.165, 1.54) is 12.3 Å². The van der Waals surface area contributed by atoms with Crippen molar-refractivity contribution in [2.24, 2.45) is 0 Å². The molecule has 0 aliphatic carbocycles. The Hall–Kier alpha value is -3.24. The van der Waals surface area contributed by atoms with Crippen LogP contribution >= 0.6 is 15.9 Å². The first kappa shape index (κ1) is 18.5. The molecule has 2 heterocycles. The van der Waals surface area contributed by atoms with Crippen LogP contribution in [0.4, 0.5) is 0 Å². The number of halogens is 1. The number of hydrogen-bond acceptors (Lipinski definition) is 5. The van der Waals surface area contributed by atoms with E-state index in [0.717, 1.165) is 4.47 Å². The Labute approximate surface area is 164 Å². The number of amides is 1. The van der Waals surface area contributed by atoms with E-state index in [4.69, 9.17) is 13.6 Å². The van der Waals surface area contributed by atoms with E-state index >= 15 is 0 Å². The molecule has 27 heavy (non-hydrogen) atoms. The molecule has 0 aliphatic rings. The van der Waals surface area contributed by atoms with Crippen LogP contribution in [0.3, 0.4) is 0 Å². The number of benzene rings is 1. The van der Waals surface area contributed by atoms with E-state index in [9.17, 15) is 10.1 Å². The van der Waals surface area contributed by atoms with Gasteiger partial charge in [0.1, 0.15) is 41.3 Å². The molecule has 1 amide bonds. The molecule has 0 radical (unpaired) electrons. The number of para-hydroxylation sites is 1. The normalized spacial score (nSPS) is 11.0. The molecule has 136 valence electrons. The largest absolute Gasteiger partial charge is 0.484 e. The second kappa shape index (κ2) is 8.92. The van der Waals surface area contributed by atoms with Crippen LogP contribution in [0.15, 0.2) is 73.7 Å². The SMILES string of the molecule is N#C/C(=C\c1ccc(COc2ccccc2Br)o1)C(=O)NCc1ccco1. The fraction of sp³-hybridized carbons (Fsp3) is 0.100. The van der Waals surface area contributed by atoms with Crippen LogP contribution in [0.25, 0.3) is 6.08 Å². The highest BCUT2D eigenvalue weighted by molar-refractivity contribution is 9.10. The molecule has 0 atom stereocenters. The van der Waals surface area contributed by atoms with Crippen LogP contribution in [0.2, 0.25) is 0 Å². The Morgan fingerprint density at radius 2 is 2.04 bits per heavy atom. The summed E-state index contributed by atoms with van der Waals surface area (Å²) in [4.78, 5) is 12.1. The lowest BCUT2D eigenvalue weighted by Crippen LogP contribution is -2.23. The van der Waals surface area contributed by atoms with Gasteiger partial charge in [0.15, 0.2) is 0 Å². The maximum Gasteiger partial charge on any atom is 0.262 e. The second-order valence-electron chi connectivity index (χ2n) is 5.46. The number of carbonyl (C=O) groups is 1. The number of hydrogen-bond donors (Lipinski definition) is 1. The fourth-order valence-electron chi connectivity index (χ4n) is 2.23. The summed E-state index contributed by atoms with van der Waals surface area (Å²) >= 11 is 3.41. The predicted molar refractivity (Wildman–Crippen MR) is 101 cm³/mol. The summed E-state index contributed by atoms with van der Waals surface area (Å²) in [5.41, 5.74) is -0.0609. The lowest BCUT2D eigenvalue weighted by molar-refractivity contribution is -0.117. The van der Waals surface area contributed by atoms with E-state index in [1.54, 1.807) is 24.3 Å². The molecule has 2 aromatic heterocycles. The molecule has 6 nitrogen and oxygen atoms in total. The van der Waals surface area contributed by atoms with Gasteiger partial charge in [-0.2, -0.15) is 5.26 Å². The Kier molecular flexibility index (Phi) is 6.13. The molecule has 0 bridgehead atoms. The Morgan fingerprint density at radius 3 is 2.78 bits per heavy atom. The number of carbonyl (C=O) groups excluding carboxylic acids is 1. The fourth-order valence-corrected chi connectivity index (χ4v) is 2.63. The van der Waals surface area contributed by atoms with Crippen molar-refractivity contribution in [2.45, 2.75) is 13.2 Å². The third-order valence-electron chi connectivity index (χ3n) is 3.54. The van der Waals surface area contributed by atoms with E-state index in [2.05, 4.69) is 21.2 Å². The maximum absolute atomic E-state index is 12.1. The first-order chi connectivity index (χ1) is 13.2. The zero-order chi connectivity index (χ0) is 19.1. The van der Waals surface area contributed by atoms with Crippen molar-refractivity contribution in [2.75, 3.05) is 0 Å². The van der Waals surface area contributed by atoms with Crippen LogP contribution in [0, 0.1) is 11.3 Å². The quantitative estimate of drug-likeness (QED) is 0.445.